The Kier molecular flexibility index (Phi) is 7.15. The van der Waals surface area contributed by atoms with E-state index in [1.54, 1.807) is 6.20 Å². The fourth-order valence-electron chi connectivity index (χ4n) is 4.01. The molecule has 170 valence electrons. The van der Waals surface area contributed by atoms with Gasteiger partial charge in [0.1, 0.15) is 0 Å². The van der Waals surface area contributed by atoms with E-state index in [4.69, 9.17) is 4.98 Å². The van der Waals surface area contributed by atoms with Crippen molar-refractivity contribution in [2.45, 2.75) is 39.3 Å². The molecule has 0 bridgehead atoms. The zero-order valence-electron chi connectivity index (χ0n) is 19.5. The van der Waals surface area contributed by atoms with E-state index in [9.17, 15) is 4.79 Å². The van der Waals surface area contributed by atoms with E-state index in [-0.39, 0.29) is 11.9 Å². The van der Waals surface area contributed by atoms with E-state index in [0.29, 0.717) is 16.6 Å². The zero-order chi connectivity index (χ0) is 23.2. The Labute approximate surface area is 195 Å². The Morgan fingerprint density at radius 3 is 2.73 bits per heavy atom. The molecular formula is C27H31N5O. The maximum absolute atomic E-state index is 13.2. The van der Waals surface area contributed by atoms with Gasteiger partial charge in [0.05, 0.1) is 28.9 Å². The molecule has 2 aromatic heterocycles. The molecule has 0 aliphatic rings. The Bertz CT molecular complexity index is 1220. The largest absolute Gasteiger partial charge is 0.345 e. The number of amides is 1. The molecule has 2 aromatic carbocycles. The van der Waals surface area contributed by atoms with E-state index in [0.717, 1.165) is 29.9 Å². The summed E-state index contributed by atoms with van der Waals surface area (Å²) in [6.07, 6.45) is 4.04. The maximum Gasteiger partial charge on any atom is 0.252 e. The van der Waals surface area contributed by atoms with Crippen molar-refractivity contribution < 1.29 is 4.79 Å². The van der Waals surface area contributed by atoms with Crippen molar-refractivity contribution in [3.8, 4) is 11.3 Å². The fraction of sp³-hybridized carbons (Fsp3) is 0.296. The van der Waals surface area contributed by atoms with Crippen LogP contribution < -0.4 is 5.32 Å². The molecule has 0 aliphatic carbocycles. The van der Waals surface area contributed by atoms with Gasteiger partial charge in [0.15, 0.2) is 5.65 Å². The van der Waals surface area contributed by atoms with Gasteiger partial charge >= 0.3 is 0 Å². The molecule has 0 spiro atoms. The van der Waals surface area contributed by atoms with Crippen LogP contribution in [0.5, 0.6) is 0 Å². The summed E-state index contributed by atoms with van der Waals surface area (Å²) in [7, 11) is 2.15. The smallest absolute Gasteiger partial charge is 0.252 e. The van der Waals surface area contributed by atoms with Crippen molar-refractivity contribution in [1.82, 2.24) is 25.4 Å². The Balaban J connectivity index is 1.61. The van der Waals surface area contributed by atoms with E-state index in [1.165, 1.54) is 18.4 Å². The maximum atomic E-state index is 13.2. The molecular weight excluding hydrogens is 410 g/mol. The van der Waals surface area contributed by atoms with Gasteiger partial charge < -0.3 is 10.2 Å². The van der Waals surface area contributed by atoms with Crippen LogP contribution in [0.15, 0.2) is 66.9 Å². The first-order valence-electron chi connectivity index (χ1n) is 11.5. The third-order valence-corrected chi connectivity index (χ3v) is 5.88. The van der Waals surface area contributed by atoms with Crippen molar-refractivity contribution in [3.05, 3.63) is 83.6 Å². The Morgan fingerprint density at radius 1 is 1.12 bits per heavy atom. The van der Waals surface area contributed by atoms with Crippen molar-refractivity contribution >= 4 is 16.9 Å². The summed E-state index contributed by atoms with van der Waals surface area (Å²) in [4.78, 5) is 20.3. The quantitative estimate of drug-likeness (QED) is 0.367. The highest BCUT2D eigenvalue weighted by atomic mass is 16.1. The van der Waals surface area contributed by atoms with Crippen LogP contribution in [0.1, 0.15) is 54.2 Å². The van der Waals surface area contributed by atoms with Crippen LogP contribution in [0.4, 0.5) is 0 Å². The third-order valence-electron chi connectivity index (χ3n) is 5.88. The summed E-state index contributed by atoms with van der Waals surface area (Å²) in [5.74, 6) is -0.142. The van der Waals surface area contributed by atoms with Crippen LogP contribution in [0.2, 0.25) is 0 Å². The van der Waals surface area contributed by atoms with Gasteiger partial charge in [-0.25, -0.2) is 4.98 Å². The summed E-state index contributed by atoms with van der Waals surface area (Å²) in [6.45, 7) is 6.14. The molecule has 6 heteroatoms. The lowest BCUT2D eigenvalue weighted by Crippen LogP contribution is -2.26. The van der Waals surface area contributed by atoms with Gasteiger partial charge in [0.25, 0.3) is 5.91 Å². The van der Waals surface area contributed by atoms with E-state index in [2.05, 4.69) is 46.5 Å². The molecule has 4 rings (SSSR count). The second-order valence-corrected chi connectivity index (χ2v) is 8.58. The Morgan fingerprint density at radius 2 is 1.94 bits per heavy atom. The number of nitrogens with zero attached hydrogens (tertiary/aromatic N) is 3. The normalized spacial score (nSPS) is 12.2. The predicted octanol–water partition coefficient (Wildman–Crippen LogP) is 5.35. The lowest BCUT2D eigenvalue weighted by atomic mass is 10.0. The highest BCUT2D eigenvalue weighted by molar-refractivity contribution is 6.06. The average molecular weight is 442 g/mol. The summed E-state index contributed by atoms with van der Waals surface area (Å²) in [5, 5.41) is 10.9. The molecule has 1 atom stereocenters. The molecule has 2 heterocycles. The first-order chi connectivity index (χ1) is 16.0. The number of unbranched alkanes of at least 4 members (excludes halogenated alkanes) is 1. The standard InChI is InChI=1S/C27H31N5O/c1-4-5-14-32(3)18-20-10-9-13-22(15-20)25-16-23(24-17-28-31-26(24)30-25)27(33)29-19(2)21-11-7-6-8-12-21/h6-13,15-17,19H,4-5,14,18H2,1-3H3,(H,29,33)(H,28,30,31)/t19-/m0/s1. The molecule has 4 aromatic rings. The van der Waals surface area contributed by atoms with Crippen LogP contribution in [0, 0.1) is 0 Å². The van der Waals surface area contributed by atoms with Gasteiger partial charge in [-0.3, -0.25) is 9.89 Å². The summed E-state index contributed by atoms with van der Waals surface area (Å²) in [5.41, 5.74) is 5.19. The van der Waals surface area contributed by atoms with E-state index in [1.807, 2.05) is 55.5 Å². The third kappa shape index (κ3) is 5.46. The van der Waals surface area contributed by atoms with Crippen molar-refractivity contribution in [2.75, 3.05) is 13.6 Å². The molecule has 1 amide bonds. The average Bonchev–Trinajstić information content (AvgIpc) is 3.31. The number of carbonyl (C=O) groups is 1. The minimum Gasteiger partial charge on any atom is -0.345 e. The number of carbonyl (C=O) groups excluding carboxylic acids is 1. The SMILES string of the molecule is CCCCN(C)Cc1cccc(-c2cc(C(=O)N[C@@H](C)c3ccccc3)c3cn[nH]c3n2)c1. The molecule has 2 N–H and O–H groups in total. The zero-order valence-corrected chi connectivity index (χ0v) is 19.5. The van der Waals surface area contributed by atoms with E-state index >= 15 is 0 Å². The van der Waals surface area contributed by atoms with Crippen molar-refractivity contribution in [2.24, 2.45) is 0 Å². The number of aromatic amines is 1. The van der Waals surface area contributed by atoms with Gasteiger partial charge in [0.2, 0.25) is 0 Å². The number of pyridine rings is 1. The van der Waals surface area contributed by atoms with Gasteiger partial charge in [-0.2, -0.15) is 5.10 Å². The number of hydrogen-bond donors (Lipinski definition) is 2. The first kappa shape index (κ1) is 22.7. The predicted molar refractivity (Wildman–Crippen MR) is 133 cm³/mol. The molecule has 0 saturated heterocycles. The van der Waals surface area contributed by atoms with Crippen molar-refractivity contribution in [3.63, 3.8) is 0 Å². The lowest BCUT2D eigenvalue weighted by molar-refractivity contribution is 0.0941. The second-order valence-electron chi connectivity index (χ2n) is 8.58. The van der Waals surface area contributed by atoms with Crippen LogP contribution >= 0.6 is 0 Å². The Hall–Kier alpha value is -3.51. The lowest BCUT2D eigenvalue weighted by Gasteiger charge is -2.17. The molecule has 0 fully saturated rings. The van der Waals surface area contributed by atoms with Gasteiger partial charge in [0, 0.05) is 12.1 Å². The minimum absolute atomic E-state index is 0.112. The molecule has 0 radical (unpaired) electrons. The number of fused-ring (bicyclic) bond motifs is 1. The number of nitrogens with one attached hydrogen (secondary N) is 2. The highest BCUT2D eigenvalue weighted by Gasteiger charge is 2.18. The molecule has 33 heavy (non-hydrogen) atoms. The minimum atomic E-state index is -0.142. The number of rotatable bonds is 9. The molecule has 6 nitrogen and oxygen atoms in total. The summed E-state index contributed by atoms with van der Waals surface area (Å²) < 4.78 is 0. The van der Waals surface area contributed by atoms with Gasteiger partial charge in [-0.15, -0.1) is 0 Å². The summed E-state index contributed by atoms with van der Waals surface area (Å²) >= 11 is 0. The molecule has 0 saturated carbocycles. The van der Waals surface area contributed by atoms with Gasteiger partial charge in [-0.1, -0.05) is 61.9 Å². The molecule has 0 unspecified atom stereocenters. The second kappa shape index (κ2) is 10.4. The summed E-state index contributed by atoms with van der Waals surface area (Å²) in [6, 6.07) is 20.1. The monoisotopic (exact) mass is 441 g/mol. The first-order valence-corrected chi connectivity index (χ1v) is 11.5. The fourth-order valence-corrected chi connectivity index (χ4v) is 4.01. The van der Waals surface area contributed by atoms with Crippen LogP contribution in [-0.4, -0.2) is 39.6 Å². The van der Waals surface area contributed by atoms with Crippen LogP contribution in [-0.2, 0) is 6.54 Å². The number of hydrogen-bond acceptors (Lipinski definition) is 4. The van der Waals surface area contributed by atoms with Gasteiger partial charge in [-0.05, 0) is 50.2 Å². The molecule has 0 aliphatic heterocycles. The number of aromatic nitrogens is 3. The van der Waals surface area contributed by atoms with E-state index < -0.39 is 0 Å². The van der Waals surface area contributed by atoms with Crippen molar-refractivity contribution in [1.29, 1.82) is 0 Å². The van der Waals surface area contributed by atoms with Crippen LogP contribution in [0.25, 0.3) is 22.3 Å². The number of benzene rings is 2. The topological polar surface area (TPSA) is 73.9 Å². The van der Waals surface area contributed by atoms with Crippen LogP contribution in [0.3, 0.4) is 0 Å². The number of H-pyrrole nitrogens is 1. The highest BCUT2D eigenvalue weighted by Crippen LogP contribution is 2.25.